The number of nitrogens with two attached hydrogens (primary N) is 1. The molecule has 3 heterocycles. The number of pyridine rings is 1. The Bertz CT molecular complexity index is 1290. The molecule has 10 nitrogen and oxygen atoms in total. The first kappa shape index (κ1) is 24.5. The van der Waals surface area contributed by atoms with Gasteiger partial charge in [-0.1, -0.05) is 28.2 Å². The van der Waals surface area contributed by atoms with Gasteiger partial charge in [0.2, 0.25) is 5.91 Å². The molecule has 0 radical (unpaired) electrons. The van der Waals surface area contributed by atoms with E-state index in [0.29, 0.717) is 21.5 Å². The standard InChI is InChI=1S/C22H21ClF2N6O4/c1-35-20-15(24)10-29(19(20)22(34)30(25)9-12-3-2-4-13(23)7-12)17(32)11-31-16-8-27-6-5-14(16)18(28-31)21(26)33/h2-8,15,19-20H,9-11H2,1H3,(H2,26,33)/t15-,19-,20+/m0/s1. The van der Waals surface area contributed by atoms with E-state index >= 15 is 0 Å². The molecule has 184 valence electrons. The van der Waals surface area contributed by atoms with Gasteiger partial charge >= 0.3 is 0 Å². The molecular formula is C22H21ClF2N6O4. The number of aromatic nitrogens is 3. The molecule has 0 bridgehead atoms. The fourth-order valence-corrected chi connectivity index (χ4v) is 4.36. The van der Waals surface area contributed by atoms with E-state index in [4.69, 9.17) is 22.1 Å². The molecule has 3 amide bonds. The van der Waals surface area contributed by atoms with Crippen LogP contribution in [0, 0.1) is 0 Å². The Morgan fingerprint density at radius 2 is 2.09 bits per heavy atom. The van der Waals surface area contributed by atoms with Crippen LogP contribution in [0.1, 0.15) is 16.1 Å². The summed E-state index contributed by atoms with van der Waals surface area (Å²) in [6.45, 7) is -1.41. The van der Waals surface area contributed by atoms with Gasteiger partial charge in [0.15, 0.2) is 5.69 Å². The third-order valence-electron chi connectivity index (χ3n) is 5.74. The molecule has 2 aromatic heterocycles. The van der Waals surface area contributed by atoms with Gasteiger partial charge in [-0.15, -0.1) is 0 Å². The van der Waals surface area contributed by atoms with E-state index in [1.807, 2.05) is 0 Å². The van der Waals surface area contributed by atoms with Crippen molar-refractivity contribution in [3.05, 3.63) is 59.0 Å². The highest BCUT2D eigenvalue weighted by atomic mass is 35.5. The van der Waals surface area contributed by atoms with Crippen molar-refractivity contribution < 1.29 is 28.0 Å². The first-order valence-corrected chi connectivity index (χ1v) is 10.9. The summed E-state index contributed by atoms with van der Waals surface area (Å²) < 4.78 is 35.9. The number of hydrogen-bond acceptors (Lipinski definition) is 6. The van der Waals surface area contributed by atoms with Gasteiger partial charge in [-0.05, 0) is 23.8 Å². The van der Waals surface area contributed by atoms with Crippen molar-refractivity contribution in [3.63, 3.8) is 0 Å². The molecular weight excluding hydrogens is 486 g/mol. The molecule has 0 unspecified atom stereocenters. The van der Waals surface area contributed by atoms with Crippen molar-refractivity contribution in [2.24, 2.45) is 5.73 Å². The zero-order chi connectivity index (χ0) is 25.3. The van der Waals surface area contributed by atoms with E-state index < -0.39 is 55.7 Å². The van der Waals surface area contributed by atoms with Gasteiger partial charge in [-0.2, -0.15) is 10.2 Å². The lowest BCUT2D eigenvalue weighted by molar-refractivity contribution is -0.160. The maximum atomic E-state index is 14.9. The summed E-state index contributed by atoms with van der Waals surface area (Å²) in [4.78, 5) is 42.8. The maximum absolute atomic E-state index is 14.9. The lowest BCUT2D eigenvalue weighted by Crippen LogP contribution is -2.51. The van der Waals surface area contributed by atoms with E-state index in [1.54, 1.807) is 18.2 Å². The smallest absolute Gasteiger partial charge is 0.276 e. The third kappa shape index (κ3) is 4.80. The van der Waals surface area contributed by atoms with Crippen LogP contribution in [-0.4, -0.2) is 74.5 Å². The number of halogens is 3. The predicted molar refractivity (Wildman–Crippen MR) is 120 cm³/mol. The highest BCUT2D eigenvalue weighted by Crippen LogP contribution is 2.27. The number of likely N-dealkylation sites (tertiary alicyclic amines) is 1. The zero-order valence-electron chi connectivity index (χ0n) is 18.5. The largest absolute Gasteiger partial charge is 0.376 e. The number of alkyl halides is 1. The van der Waals surface area contributed by atoms with Crippen LogP contribution < -0.4 is 5.73 Å². The van der Waals surface area contributed by atoms with Crippen LogP contribution in [0.2, 0.25) is 5.02 Å². The average Bonchev–Trinajstić information content (AvgIpc) is 3.36. The minimum Gasteiger partial charge on any atom is -0.376 e. The van der Waals surface area contributed by atoms with Crippen LogP contribution in [0.3, 0.4) is 0 Å². The summed E-state index contributed by atoms with van der Waals surface area (Å²) in [6.07, 6.45) is -0.278. The molecule has 3 aromatic rings. The molecule has 1 aliphatic heterocycles. The maximum Gasteiger partial charge on any atom is 0.276 e. The van der Waals surface area contributed by atoms with Gasteiger partial charge in [0.05, 0.1) is 24.8 Å². The normalized spacial score (nSPS) is 19.8. The van der Waals surface area contributed by atoms with E-state index in [-0.39, 0.29) is 10.8 Å². The number of ether oxygens (including phenoxy) is 1. The number of carbonyl (C=O) groups is 3. The summed E-state index contributed by atoms with van der Waals surface area (Å²) in [5.41, 5.74) is 6.05. The Morgan fingerprint density at radius 3 is 2.77 bits per heavy atom. The van der Waals surface area contributed by atoms with Crippen molar-refractivity contribution in [1.29, 1.82) is 0 Å². The van der Waals surface area contributed by atoms with E-state index in [2.05, 4.69) is 10.1 Å². The molecule has 13 heteroatoms. The highest BCUT2D eigenvalue weighted by molar-refractivity contribution is 6.30. The average molecular weight is 507 g/mol. The topological polar surface area (TPSA) is 124 Å². The number of fused-ring (bicyclic) bond motifs is 1. The number of hydrogen-bond donors (Lipinski definition) is 1. The predicted octanol–water partition coefficient (Wildman–Crippen LogP) is 1.66. The molecule has 2 N–H and O–H groups in total. The van der Waals surface area contributed by atoms with Crippen LogP contribution in [0.5, 0.6) is 0 Å². The summed E-state index contributed by atoms with van der Waals surface area (Å²) in [6, 6.07) is 6.21. The molecule has 3 atom stereocenters. The second-order valence-electron chi connectivity index (χ2n) is 7.96. The van der Waals surface area contributed by atoms with Crippen molar-refractivity contribution in [2.45, 2.75) is 31.4 Å². The Morgan fingerprint density at radius 1 is 1.31 bits per heavy atom. The molecule has 0 aliphatic carbocycles. The van der Waals surface area contributed by atoms with Crippen LogP contribution in [0.4, 0.5) is 8.87 Å². The molecule has 1 saturated heterocycles. The second kappa shape index (κ2) is 9.92. The van der Waals surface area contributed by atoms with Crippen LogP contribution in [0.25, 0.3) is 10.9 Å². The second-order valence-corrected chi connectivity index (χ2v) is 8.40. The number of benzene rings is 1. The lowest BCUT2D eigenvalue weighted by atomic mass is 10.1. The number of carbonyl (C=O) groups excluding carboxylic acids is 3. The number of primary amides is 1. The molecule has 0 saturated carbocycles. The highest BCUT2D eigenvalue weighted by Gasteiger charge is 2.50. The minimum atomic E-state index is -1.73. The van der Waals surface area contributed by atoms with Gasteiger partial charge in [0.25, 0.3) is 11.8 Å². The molecule has 1 aliphatic rings. The lowest BCUT2D eigenvalue weighted by Gasteiger charge is -2.28. The molecule has 1 aromatic carbocycles. The number of methoxy groups -OCH3 is 1. The summed E-state index contributed by atoms with van der Waals surface area (Å²) in [7, 11) is 1.18. The first-order chi connectivity index (χ1) is 16.7. The Labute approximate surface area is 203 Å². The van der Waals surface area contributed by atoms with Gasteiger partial charge in [0.1, 0.15) is 24.9 Å². The number of nitrogens with zero attached hydrogens (tertiary/aromatic N) is 5. The molecule has 4 rings (SSSR count). The van der Waals surface area contributed by atoms with Gasteiger partial charge in [0, 0.05) is 23.7 Å². The van der Waals surface area contributed by atoms with Crippen molar-refractivity contribution in [2.75, 3.05) is 13.7 Å². The Kier molecular flexibility index (Phi) is 6.94. The van der Waals surface area contributed by atoms with Crippen molar-refractivity contribution in [3.8, 4) is 0 Å². The molecule has 35 heavy (non-hydrogen) atoms. The van der Waals surface area contributed by atoms with Gasteiger partial charge < -0.3 is 15.4 Å². The fraction of sp³-hybridized carbons (Fsp3) is 0.318. The Balaban J connectivity index is 1.59. The van der Waals surface area contributed by atoms with Crippen molar-refractivity contribution in [1.82, 2.24) is 24.8 Å². The van der Waals surface area contributed by atoms with Crippen LogP contribution in [0.15, 0.2) is 42.7 Å². The summed E-state index contributed by atoms with van der Waals surface area (Å²) >= 11 is 5.91. The molecule has 0 spiro atoms. The Hall–Kier alpha value is -3.64. The van der Waals surface area contributed by atoms with E-state index in [0.717, 1.165) is 4.90 Å². The van der Waals surface area contributed by atoms with E-state index in [1.165, 1.54) is 36.3 Å². The fourth-order valence-electron chi connectivity index (χ4n) is 4.15. The van der Waals surface area contributed by atoms with Gasteiger partial charge in [-0.25, -0.2) is 4.39 Å². The first-order valence-electron chi connectivity index (χ1n) is 10.5. The number of rotatable bonds is 7. The SMILES string of the molecule is CO[C@H]1[C@@H](C(=O)N(F)Cc2cccc(Cl)c2)N(C(=O)Cn2nc(C(N)=O)c3ccncc32)C[C@@H]1F. The zero-order valence-corrected chi connectivity index (χ0v) is 19.2. The minimum absolute atomic E-state index is 0.0705. The summed E-state index contributed by atoms with van der Waals surface area (Å²) in [5.74, 6) is -2.68. The monoisotopic (exact) mass is 506 g/mol. The third-order valence-corrected chi connectivity index (χ3v) is 5.98. The summed E-state index contributed by atoms with van der Waals surface area (Å²) in [5, 5.41) is 4.71. The van der Waals surface area contributed by atoms with Crippen LogP contribution >= 0.6 is 11.6 Å². The van der Waals surface area contributed by atoms with E-state index in [9.17, 15) is 23.3 Å². The quantitative estimate of drug-likeness (QED) is 0.486. The number of amides is 3. The van der Waals surface area contributed by atoms with Crippen LogP contribution in [-0.2, 0) is 27.4 Å². The van der Waals surface area contributed by atoms with Crippen molar-refractivity contribution >= 4 is 40.2 Å². The molecule has 1 fully saturated rings. The van der Waals surface area contributed by atoms with Gasteiger partial charge in [-0.3, -0.25) is 24.0 Å².